The van der Waals surface area contributed by atoms with Crippen LogP contribution in [0.2, 0.25) is 0 Å². The van der Waals surface area contributed by atoms with Crippen molar-refractivity contribution in [3.05, 3.63) is 123 Å². The van der Waals surface area contributed by atoms with E-state index in [0.29, 0.717) is 30.7 Å². The van der Waals surface area contributed by atoms with Gasteiger partial charge in [0.2, 0.25) is 5.91 Å². The molecule has 1 aliphatic heterocycles. The van der Waals surface area contributed by atoms with Gasteiger partial charge < -0.3 is 10.6 Å². The first-order valence-electron chi connectivity index (χ1n) is 15.9. The van der Waals surface area contributed by atoms with E-state index < -0.39 is 6.04 Å². The van der Waals surface area contributed by atoms with Crippen molar-refractivity contribution >= 4 is 34.4 Å². The molecule has 6 heteroatoms. The number of Topliss-reactive ketones (excluding diaryl/α,β-unsaturated/α-hetero) is 1. The molecule has 0 saturated heterocycles. The molecule has 1 unspecified atom stereocenters. The summed E-state index contributed by atoms with van der Waals surface area (Å²) >= 11 is 1.88. The third-order valence-corrected chi connectivity index (χ3v) is 10.7. The van der Waals surface area contributed by atoms with Gasteiger partial charge >= 0.3 is 0 Å². The minimum Gasteiger partial charge on any atom is -0.326 e. The maximum atomic E-state index is 13.3. The van der Waals surface area contributed by atoms with Crippen molar-refractivity contribution in [2.24, 2.45) is 16.8 Å². The Labute approximate surface area is 263 Å². The maximum absolute atomic E-state index is 13.3. The number of amides is 1. The molecule has 3 aliphatic rings. The molecular formula is C38H39N3O2S. The Morgan fingerprint density at radius 1 is 0.886 bits per heavy atom. The molecule has 2 aliphatic carbocycles. The molecule has 2 N–H and O–H groups in total. The monoisotopic (exact) mass is 601 g/mol. The van der Waals surface area contributed by atoms with E-state index in [1.54, 1.807) is 0 Å². The number of nitrogens with zero attached hydrogens (tertiary/aromatic N) is 1. The van der Waals surface area contributed by atoms with Gasteiger partial charge in [0.1, 0.15) is 6.04 Å². The van der Waals surface area contributed by atoms with E-state index in [1.165, 1.54) is 33.7 Å². The number of benzene rings is 3. The summed E-state index contributed by atoms with van der Waals surface area (Å²) in [5, 5.41) is 7.05. The Kier molecular flexibility index (Phi) is 8.28. The van der Waals surface area contributed by atoms with Crippen LogP contribution in [-0.4, -0.2) is 29.5 Å². The van der Waals surface area contributed by atoms with E-state index in [9.17, 15) is 9.59 Å². The minimum atomic E-state index is -0.548. The fraction of sp³-hybridized carbons (Fsp3) is 0.342. The molecule has 0 spiro atoms. The quantitative estimate of drug-likeness (QED) is 0.227. The van der Waals surface area contributed by atoms with E-state index in [-0.39, 0.29) is 18.1 Å². The number of thiophene rings is 1. The molecule has 2 bridgehead atoms. The zero-order chi connectivity index (χ0) is 30.0. The Balaban J connectivity index is 1.01. The highest BCUT2D eigenvalue weighted by Gasteiger charge is 2.38. The summed E-state index contributed by atoms with van der Waals surface area (Å²) < 4.78 is 0. The second-order valence-electron chi connectivity index (χ2n) is 12.7. The van der Waals surface area contributed by atoms with Crippen LogP contribution < -0.4 is 10.6 Å². The second kappa shape index (κ2) is 12.6. The molecule has 1 aromatic heterocycles. The Morgan fingerprint density at radius 3 is 2.45 bits per heavy atom. The molecule has 224 valence electrons. The Bertz CT molecular complexity index is 1710. The van der Waals surface area contributed by atoms with E-state index >= 15 is 0 Å². The van der Waals surface area contributed by atoms with E-state index in [1.807, 2.05) is 72.0 Å². The average Bonchev–Trinajstić information content (AvgIpc) is 3.53. The number of hydrogen-bond acceptors (Lipinski definition) is 5. The van der Waals surface area contributed by atoms with Gasteiger partial charge in [-0.25, -0.2) is 0 Å². The number of aliphatic imine (C=N–C) groups is 1. The van der Waals surface area contributed by atoms with E-state index in [4.69, 9.17) is 4.99 Å². The molecule has 3 aromatic carbocycles. The van der Waals surface area contributed by atoms with Crippen LogP contribution in [0.3, 0.4) is 0 Å². The topological polar surface area (TPSA) is 70.6 Å². The van der Waals surface area contributed by atoms with Crippen LogP contribution in [0, 0.1) is 18.8 Å². The fourth-order valence-corrected chi connectivity index (χ4v) is 8.31. The number of nitrogens with one attached hydrogen (secondary N) is 2. The molecule has 0 radical (unpaired) electrons. The summed E-state index contributed by atoms with van der Waals surface area (Å²) in [5.41, 5.74) is 7.43. The molecule has 1 saturated carbocycles. The summed E-state index contributed by atoms with van der Waals surface area (Å²) in [6.45, 7) is 3.11. The largest absolute Gasteiger partial charge is 0.326 e. The lowest BCUT2D eigenvalue weighted by Crippen LogP contribution is -2.37. The predicted molar refractivity (Wildman–Crippen MR) is 179 cm³/mol. The van der Waals surface area contributed by atoms with Crippen molar-refractivity contribution in [1.29, 1.82) is 0 Å². The first-order chi connectivity index (χ1) is 21.5. The standard InChI is InChI=1S/C38H39N3O2S/c1-24-11-16-32(44-24)23-39-37-28-12-13-29(37)20-30-21-31(15-14-26(30)19-28)40-36(43)18-17-34-35(42)22-27-9-5-6-10-33(27)38(41-34)25-7-3-2-4-8-25/h2-11,14-16,21,28-29,34,37,39H,12-13,17-20,22-23H2,1H3,(H,40,43)/t28?,29-,34+,37+/m0/s1. The van der Waals surface area contributed by atoms with Crippen LogP contribution in [0.15, 0.2) is 89.9 Å². The van der Waals surface area contributed by atoms with Crippen molar-refractivity contribution < 1.29 is 9.59 Å². The third-order valence-electron chi connectivity index (χ3n) is 9.67. The van der Waals surface area contributed by atoms with Crippen molar-refractivity contribution in [3.8, 4) is 0 Å². The van der Waals surface area contributed by atoms with Crippen LogP contribution in [-0.2, 0) is 35.4 Å². The van der Waals surface area contributed by atoms with Crippen molar-refractivity contribution in [2.75, 3.05) is 5.32 Å². The first-order valence-corrected chi connectivity index (χ1v) is 16.8. The van der Waals surface area contributed by atoms with Crippen LogP contribution in [0.4, 0.5) is 5.69 Å². The summed E-state index contributed by atoms with van der Waals surface area (Å²) in [4.78, 5) is 34.2. The molecule has 1 amide bonds. The number of hydrogen-bond donors (Lipinski definition) is 2. The number of rotatable bonds is 8. The minimum absolute atomic E-state index is 0.0636. The van der Waals surface area contributed by atoms with Crippen LogP contribution in [0.5, 0.6) is 0 Å². The predicted octanol–water partition coefficient (Wildman–Crippen LogP) is 7.09. The van der Waals surface area contributed by atoms with Gasteiger partial charge in [0.15, 0.2) is 5.78 Å². The zero-order valence-electron chi connectivity index (χ0n) is 25.2. The number of fused-ring (bicyclic) bond motifs is 4. The van der Waals surface area contributed by atoms with E-state index in [0.717, 1.165) is 47.5 Å². The molecule has 1 fully saturated rings. The van der Waals surface area contributed by atoms with E-state index in [2.05, 4.69) is 41.8 Å². The van der Waals surface area contributed by atoms with Gasteiger partial charge in [-0.2, -0.15) is 0 Å². The number of carbonyl (C=O) groups is 2. The van der Waals surface area contributed by atoms with Crippen LogP contribution in [0.1, 0.15) is 63.3 Å². The van der Waals surface area contributed by atoms with Crippen LogP contribution >= 0.6 is 11.3 Å². The summed E-state index contributed by atoms with van der Waals surface area (Å²) in [5.74, 6) is 1.27. The van der Waals surface area contributed by atoms with Crippen LogP contribution in [0.25, 0.3) is 0 Å². The highest BCUT2D eigenvalue weighted by Crippen LogP contribution is 2.41. The van der Waals surface area contributed by atoms with Gasteiger partial charge in [-0.15, -0.1) is 11.3 Å². The summed E-state index contributed by atoms with van der Waals surface area (Å²) in [6.07, 6.45) is 5.64. The van der Waals surface area contributed by atoms with Gasteiger partial charge in [-0.1, -0.05) is 60.7 Å². The zero-order valence-corrected chi connectivity index (χ0v) is 26.0. The molecule has 2 heterocycles. The number of carbonyl (C=O) groups excluding carboxylic acids is 2. The van der Waals surface area contributed by atoms with Gasteiger partial charge in [0, 0.05) is 52.0 Å². The highest BCUT2D eigenvalue weighted by molar-refractivity contribution is 7.11. The number of ketones is 1. The molecule has 5 nitrogen and oxygen atoms in total. The van der Waals surface area contributed by atoms with Crippen molar-refractivity contribution in [2.45, 2.75) is 70.5 Å². The SMILES string of the molecule is Cc1ccc(CN[C@@H]2C3CC[C@H]2Cc2cc(NC(=O)CC[C@H]4N=C(c5ccccc5)c5ccccc5CC4=O)ccc2C3)s1. The number of aryl methyl sites for hydroxylation is 1. The normalized spacial score (nSPS) is 22.4. The van der Waals surface area contributed by atoms with Gasteiger partial charge in [-0.05, 0) is 91.8 Å². The molecule has 7 rings (SSSR count). The first kappa shape index (κ1) is 28.9. The van der Waals surface area contributed by atoms with Crippen molar-refractivity contribution in [3.63, 3.8) is 0 Å². The second-order valence-corrected chi connectivity index (χ2v) is 14.0. The lowest BCUT2D eigenvalue weighted by atomic mass is 9.93. The highest BCUT2D eigenvalue weighted by atomic mass is 32.1. The average molecular weight is 602 g/mol. The van der Waals surface area contributed by atoms with Gasteiger partial charge in [0.25, 0.3) is 0 Å². The molecule has 4 atom stereocenters. The van der Waals surface area contributed by atoms with Gasteiger partial charge in [0.05, 0.1) is 5.71 Å². The smallest absolute Gasteiger partial charge is 0.224 e. The summed E-state index contributed by atoms with van der Waals surface area (Å²) in [7, 11) is 0. The van der Waals surface area contributed by atoms with Gasteiger partial charge in [-0.3, -0.25) is 14.6 Å². The molecular weight excluding hydrogens is 563 g/mol. The molecule has 4 aromatic rings. The Hall–Kier alpha value is -3.87. The molecule has 44 heavy (non-hydrogen) atoms. The fourth-order valence-electron chi connectivity index (χ4n) is 7.47. The van der Waals surface area contributed by atoms with Crippen molar-refractivity contribution in [1.82, 2.24) is 5.32 Å². The maximum Gasteiger partial charge on any atom is 0.224 e. The third kappa shape index (κ3) is 6.19. The lowest BCUT2D eigenvalue weighted by molar-refractivity contribution is -0.120. The number of anilines is 1. The summed E-state index contributed by atoms with van der Waals surface area (Å²) in [6, 6.07) is 28.9. The lowest BCUT2D eigenvalue weighted by Gasteiger charge is -2.23. The Morgan fingerprint density at radius 2 is 1.66 bits per heavy atom.